The smallest absolute Gasteiger partial charge is 0.243 e. The van der Waals surface area contributed by atoms with Crippen molar-refractivity contribution in [2.45, 2.75) is 286 Å². The maximum absolute atomic E-state index is 13.7. The van der Waals surface area contributed by atoms with Crippen LogP contribution in [0.5, 0.6) is 0 Å². The van der Waals surface area contributed by atoms with E-state index in [0.717, 1.165) is 116 Å². The molecule has 72 heavy (non-hydrogen) atoms. The van der Waals surface area contributed by atoms with Crippen LogP contribution in [0, 0.1) is 11.8 Å². The fourth-order valence-electron chi connectivity index (χ4n) is 9.77. The highest BCUT2D eigenvalue weighted by Gasteiger charge is 2.33. The lowest BCUT2D eigenvalue weighted by atomic mass is 9.99. The minimum atomic E-state index is -0.484. The quantitative estimate of drug-likeness (QED) is 0.0356. The van der Waals surface area contributed by atoms with Crippen LogP contribution >= 0.6 is 0 Å². The van der Waals surface area contributed by atoms with Crippen LogP contribution in [0.1, 0.15) is 274 Å². The summed E-state index contributed by atoms with van der Waals surface area (Å²) in [5, 5.41) is 13.1. The van der Waals surface area contributed by atoms with Crippen molar-refractivity contribution < 1.29 is 19.2 Å². The van der Waals surface area contributed by atoms with Crippen LogP contribution in [0.15, 0.2) is 24.3 Å². The number of hydrogen-bond acceptors (Lipinski definition) is 6. The zero-order valence-electron chi connectivity index (χ0n) is 48.8. The minimum absolute atomic E-state index is 0.00617. The molecule has 0 aromatic heterocycles. The molecule has 2 unspecified atom stereocenters. The van der Waals surface area contributed by atoms with E-state index in [2.05, 4.69) is 73.3 Å². The molecule has 4 amide bonds. The van der Waals surface area contributed by atoms with E-state index >= 15 is 0 Å². The van der Waals surface area contributed by atoms with E-state index in [1.807, 2.05) is 37.5 Å². The predicted octanol–water partition coefficient (Wildman–Crippen LogP) is 14.6. The molecule has 0 aliphatic rings. The summed E-state index contributed by atoms with van der Waals surface area (Å²) < 4.78 is 0. The maximum atomic E-state index is 13.7. The van der Waals surface area contributed by atoms with Crippen LogP contribution in [0.3, 0.4) is 0 Å². The SMILES string of the molecule is CCCCCCCC/C=C\CCCCCCCC(=O)N(CCCNCC)C(C(=O)NCCCCCCNC(=O)C(C(C)C)N(CCCNCC)C(=O)CCCCCCC/C=C\CCCCCCCC)C(C)C. The minimum Gasteiger partial charge on any atom is -0.354 e. The summed E-state index contributed by atoms with van der Waals surface area (Å²) in [5.41, 5.74) is 0. The third-order valence-electron chi connectivity index (χ3n) is 14.1. The Kier molecular flexibility index (Phi) is 49.8. The van der Waals surface area contributed by atoms with E-state index < -0.39 is 12.1 Å². The van der Waals surface area contributed by atoms with Gasteiger partial charge < -0.3 is 31.1 Å². The summed E-state index contributed by atoms with van der Waals surface area (Å²) in [6.45, 7) is 22.6. The summed E-state index contributed by atoms with van der Waals surface area (Å²) in [7, 11) is 0. The molecule has 0 saturated carbocycles. The van der Waals surface area contributed by atoms with Gasteiger partial charge in [0.2, 0.25) is 23.6 Å². The van der Waals surface area contributed by atoms with E-state index in [-0.39, 0.29) is 35.5 Å². The van der Waals surface area contributed by atoms with Gasteiger partial charge in [-0.05, 0) is 128 Å². The number of carbonyl (C=O) groups excluding carboxylic acids is 4. The Bertz CT molecular complexity index is 1220. The van der Waals surface area contributed by atoms with Crippen molar-refractivity contribution >= 4 is 23.6 Å². The normalized spacial score (nSPS) is 12.6. The first kappa shape index (κ1) is 69.3. The second-order valence-corrected chi connectivity index (χ2v) is 21.6. The molecule has 10 heteroatoms. The summed E-state index contributed by atoms with van der Waals surface area (Å²) >= 11 is 0. The maximum Gasteiger partial charge on any atom is 0.243 e. The van der Waals surface area contributed by atoms with Gasteiger partial charge in [-0.1, -0.05) is 195 Å². The molecule has 0 heterocycles. The first-order valence-electron chi connectivity index (χ1n) is 30.9. The largest absolute Gasteiger partial charge is 0.354 e. The topological polar surface area (TPSA) is 123 Å². The highest BCUT2D eigenvalue weighted by atomic mass is 16.2. The van der Waals surface area contributed by atoms with Gasteiger partial charge in [-0.3, -0.25) is 19.2 Å². The second-order valence-electron chi connectivity index (χ2n) is 21.6. The van der Waals surface area contributed by atoms with Crippen LogP contribution in [0.25, 0.3) is 0 Å². The number of amides is 4. The van der Waals surface area contributed by atoms with Crippen molar-refractivity contribution in [1.82, 2.24) is 31.1 Å². The monoisotopic (exact) mass is 1010 g/mol. The molecule has 0 fully saturated rings. The van der Waals surface area contributed by atoms with E-state index in [1.54, 1.807) is 0 Å². The van der Waals surface area contributed by atoms with Crippen molar-refractivity contribution in [3.8, 4) is 0 Å². The molecule has 0 aliphatic heterocycles. The number of nitrogens with zero attached hydrogens (tertiary/aromatic N) is 2. The van der Waals surface area contributed by atoms with Gasteiger partial charge in [-0.2, -0.15) is 0 Å². The fourth-order valence-corrected chi connectivity index (χ4v) is 9.77. The van der Waals surface area contributed by atoms with Gasteiger partial charge in [0.15, 0.2) is 0 Å². The zero-order valence-corrected chi connectivity index (χ0v) is 48.8. The Morgan fingerprint density at radius 2 is 0.653 bits per heavy atom. The van der Waals surface area contributed by atoms with E-state index in [4.69, 9.17) is 0 Å². The van der Waals surface area contributed by atoms with Crippen molar-refractivity contribution in [3.05, 3.63) is 24.3 Å². The first-order valence-corrected chi connectivity index (χ1v) is 30.9. The van der Waals surface area contributed by atoms with E-state index in [9.17, 15) is 19.2 Å². The molecule has 4 N–H and O–H groups in total. The highest BCUT2D eigenvalue weighted by Crippen LogP contribution is 2.19. The van der Waals surface area contributed by atoms with Crippen molar-refractivity contribution in [2.75, 3.05) is 52.4 Å². The van der Waals surface area contributed by atoms with Crippen LogP contribution in [-0.4, -0.2) is 97.9 Å². The Hall–Kier alpha value is -2.72. The predicted molar refractivity (Wildman–Crippen MR) is 310 cm³/mol. The van der Waals surface area contributed by atoms with Gasteiger partial charge in [0.1, 0.15) is 12.1 Å². The van der Waals surface area contributed by atoms with Crippen LogP contribution in [0.4, 0.5) is 0 Å². The molecule has 0 aromatic rings. The molecule has 422 valence electrons. The van der Waals surface area contributed by atoms with E-state index in [0.29, 0.717) is 39.0 Å². The zero-order chi connectivity index (χ0) is 53.1. The average Bonchev–Trinajstić information content (AvgIpc) is 3.35. The lowest BCUT2D eigenvalue weighted by Gasteiger charge is -2.34. The molecular weight excluding hydrogens is 893 g/mol. The lowest BCUT2D eigenvalue weighted by molar-refractivity contribution is -0.142. The first-order chi connectivity index (χ1) is 35.1. The van der Waals surface area contributed by atoms with Crippen LogP contribution in [-0.2, 0) is 19.2 Å². The van der Waals surface area contributed by atoms with Crippen LogP contribution < -0.4 is 21.3 Å². The number of unbranched alkanes of at least 4 members (excludes halogenated alkanes) is 25. The van der Waals surface area contributed by atoms with Crippen LogP contribution in [0.2, 0.25) is 0 Å². The molecule has 0 rings (SSSR count). The standard InChI is InChI=1S/C62H120N6O4/c1-9-13-15-17-19-21-23-25-27-29-31-33-35-37-41-47-57(69)67(53-45-49-63-11-3)59(55(5)6)61(71)65-51-43-39-40-44-52-66-62(72)60(56(7)8)68(54-46-50-64-12-4)58(70)48-42-38-36-34-32-30-28-26-24-22-20-18-16-14-10-2/h25-28,55-56,59-60,63-64H,9-24,29-54H2,1-8H3,(H,65,71)(H,66,72)/b27-25-,28-26-. The molecule has 0 spiro atoms. The summed E-state index contributed by atoms with van der Waals surface area (Å²) in [5.74, 6) is 0.0944. The Morgan fingerprint density at radius 1 is 0.361 bits per heavy atom. The van der Waals surface area contributed by atoms with Crippen molar-refractivity contribution in [1.29, 1.82) is 0 Å². The highest BCUT2D eigenvalue weighted by molar-refractivity contribution is 5.88. The molecule has 2 atom stereocenters. The third kappa shape index (κ3) is 39.7. The molecule has 10 nitrogen and oxygen atoms in total. The van der Waals surface area contributed by atoms with Crippen molar-refractivity contribution in [3.63, 3.8) is 0 Å². The van der Waals surface area contributed by atoms with Gasteiger partial charge in [0, 0.05) is 39.0 Å². The summed E-state index contributed by atoms with van der Waals surface area (Å²) in [6.07, 6.45) is 47.4. The molecule has 0 saturated heterocycles. The fraction of sp³-hybridized carbons (Fsp3) is 0.871. The van der Waals surface area contributed by atoms with Gasteiger partial charge in [-0.25, -0.2) is 0 Å². The molecule has 0 bridgehead atoms. The number of nitrogens with one attached hydrogen (secondary N) is 4. The van der Waals surface area contributed by atoms with Gasteiger partial charge in [0.05, 0.1) is 0 Å². The van der Waals surface area contributed by atoms with Gasteiger partial charge >= 0.3 is 0 Å². The summed E-state index contributed by atoms with van der Waals surface area (Å²) in [6, 6.07) is -0.967. The van der Waals surface area contributed by atoms with Gasteiger partial charge in [0.25, 0.3) is 0 Å². The number of hydrogen-bond donors (Lipinski definition) is 4. The summed E-state index contributed by atoms with van der Waals surface area (Å²) in [4.78, 5) is 58.7. The van der Waals surface area contributed by atoms with E-state index in [1.165, 1.54) is 116 Å². The Balaban J connectivity index is 4.85. The molecule has 0 aromatic carbocycles. The Morgan fingerprint density at radius 3 is 0.958 bits per heavy atom. The molecule has 0 radical (unpaired) electrons. The number of carbonyl (C=O) groups is 4. The van der Waals surface area contributed by atoms with Crippen molar-refractivity contribution in [2.24, 2.45) is 11.8 Å². The third-order valence-corrected chi connectivity index (χ3v) is 14.1. The second kappa shape index (κ2) is 51.8. The number of rotatable bonds is 53. The number of allylic oxidation sites excluding steroid dienone is 4. The Labute approximate surface area is 446 Å². The molecule has 0 aliphatic carbocycles. The lowest BCUT2D eigenvalue weighted by Crippen LogP contribution is -2.53. The van der Waals surface area contributed by atoms with Gasteiger partial charge in [-0.15, -0.1) is 0 Å². The molecular formula is C62H120N6O4. The average molecular weight is 1010 g/mol.